The zero-order valence-corrected chi connectivity index (χ0v) is 12.8. The lowest BCUT2D eigenvalue weighted by atomic mass is 10.1. The lowest BCUT2D eigenvalue weighted by Crippen LogP contribution is -2.32. The van der Waals surface area contributed by atoms with E-state index in [1.54, 1.807) is 42.5 Å². The number of carbonyl (C=O) groups is 2. The maximum absolute atomic E-state index is 12.6. The number of benzene rings is 2. The number of ketones is 1. The van der Waals surface area contributed by atoms with E-state index < -0.39 is 17.6 Å². The third kappa shape index (κ3) is 2.58. The Hall–Kier alpha value is -3.28. The number of hydrogen-bond acceptors (Lipinski definition) is 4. The Kier molecular flexibility index (Phi) is 3.95. The van der Waals surface area contributed by atoms with Crippen molar-refractivity contribution in [1.82, 2.24) is 9.78 Å². The summed E-state index contributed by atoms with van der Waals surface area (Å²) in [6.07, 6.45) is 0. The van der Waals surface area contributed by atoms with Crippen molar-refractivity contribution in [2.75, 3.05) is 0 Å². The van der Waals surface area contributed by atoms with E-state index in [0.29, 0.717) is 5.56 Å². The van der Waals surface area contributed by atoms with Gasteiger partial charge in [0.05, 0.1) is 5.39 Å². The van der Waals surface area contributed by atoms with E-state index in [1.807, 2.05) is 0 Å². The summed E-state index contributed by atoms with van der Waals surface area (Å²) in [7, 11) is 0. The van der Waals surface area contributed by atoms with Gasteiger partial charge in [-0.25, -0.2) is 9.48 Å². The molecule has 0 spiro atoms. The van der Waals surface area contributed by atoms with Crippen LogP contribution in [0.25, 0.3) is 10.8 Å². The van der Waals surface area contributed by atoms with Crippen molar-refractivity contribution in [3.63, 3.8) is 0 Å². The average Bonchev–Trinajstić information content (AvgIpc) is 2.61. The molecule has 0 aliphatic rings. The largest absolute Gasteiger partial charge is 0.476 e. The first-order valence-electron chi connectivity index (χ1n) is 7.35. The van der Waals surface area contributed by atoms with Gasteiger partial charge in [-0.1, -0.05) is 48.5 Å². The molecule has 1 heterocycles. The molecule has 0 aliphatic carbocycles. The summed E-state index contributed by atoms with van der Waals surface area (Å²) in [5, 5.41) is 13.8. The van der Waals surface area contributed by atoms with Crippen molar-refractivity contribution in [2.24, 2.45) is 0 Å². The molecule has 6 nitrogen and oxygen atoms in total. The van der Waals surface area contributed by atoms with Crippen LogP contribution in [-0.4, -0.2) is 26.6 Å². The van der Waals surface area contributed by atoms with E-state index in [2.05, 4.69) is 5.10 Å². The minimum absolute atomic E-state index is 0.220. The summed E-state index contributed by atoms with van der Waals surface area (Å²) in [4.78, 5) is 36.7. The molecule has 24 heavy (non-hydrogen) atoms. The van der Waals surface area contributed by atoms with Gasteiger partial charge in [0.2, 0.25) is 0 Å². The quantitative estimate of drug-likeness (QED) is 0.746. The van der Waals surface area contributed by atoms with Crippen LogP contribution in [0.3, 0.4) is 0 Å². The first-order chi connectivity index (χ1) is 11.5. The number of rotatable bonds is 4. The summed E-state index contributed by atoms with van der Waals surface area (Å²) in [6, 6.07) is 13.9. The van der Waals surface area contributed by atoms with Crippen molar-refractivity contribution in [2.45, 2.75) is 13.0 Å². The molecule has 0 radical (unpaired) electrons. The zero-order valence-electron chi connectivity index (χ0n) is 12.8. The predicted octanol–water partition coefficient (Wildman–Crippen LogP) is 2.54. The maximum Gasteiger partial charge on any atom is 0.357 e. The smallest absolute Gasteiger partial charge is 0.357 e. The molecule has 3 aromatic rings. The van der Waals surface area contributed by atoms with Gasteiger partial charge in [0, 0.05) is 10.9 Å². The summed E-state index contributed by atoms with van der Waals surface area (Å²) in [5.41, 5.74) is -0.311. The molecule has 1 aromatic heterocycles. The molecule has 0 amide bonds. The van der Waals surface area contributed by atoms with Crippen LogP contribution in [0, 0.1) is 0 Å². The summed E-state index contributed by atoms with van der Waals surface area (Å²) < 4.78 is 0.946. The predicted molar refractivity (Wildman–Crippen MR) is 88.4 cm³/mol. The number of fused-ring (bicyclic) bond motifs is 1. The van der Waals surface area contributed by atoms with Gasteiger partial charge in [-0.15, -0.1) is 0 Å². The Morgan fingerprint density at radius 2 is 1.58 bits per heavy atom. The van der Waals surface area contributed by atoms with E-state index >= 15 is 0 Å². The van der Waals surface area contributed by atoms with E-state index in [9.17, 15) is 19.5 Å². The first kappa shape index (κ1) is 15.6. The highest BCUT2D eigenvalue weighted by atomic mass is 16.4. The molecule has 0 saturated heterocycles. The highest BCUT2D eigenvalue weighted by Crippen LogP contribution is 2.17. The van der Waals surface area contributed by atoms with Crippen LogP contribution in [-0.2, 0) is 0 Å². The molecule has 2 aromatic carbocycles. The number of aromatic nitrogens is 2. The lowest BCUT2D eigenvalue weighted by Gasteiger charge is -2.15. The van der Waals surface area contributed by atoms with Crippen molar-refractivity contribution >= 4 is 22.5 Å². The molecule has 1 unspecified atom stereocenters. The molecule has 0 saturated carbocycles. The fourth-order valence-electron chi connectivity index (χ4n) is 2.58. The number of carboxylic acids is 1. The third-order valence-electron chi connectivity index (χ3n) is 3.84. The molecular formula is C18H14N2O4. The van der Waals surface area contributed by atoms with E-state index in [4.69, 9.17) is 0 Å². The molecule has 1 N–H and O–H groups in total. The van der Waals surface area contributed by atoms with Gasteiger partial charge in [-0.3, -0.25) is 9.59 Å². The van der Waals surface area contributed by atoms with Crippen LogP contribution in [0.5, 0.6) is 0 Å². The third-order valence-corrected chi connectivity index (χ3v) is 3.84. The maximum atomic E-state index is 12.6. The summed E-state index contributed by atoms with van der Waals surface area (Å²) in [5.74, 6) is -1.56. The number of aromatic carboxylic acids is 1. The molecule has 6 heteroatoms. The second-order valence-electron chi connectivity index (χ2n) is 5.36. The van der Waals surface area contributed by atoms with Crippen LogP contribution < -0.4 is 5.56 Å². The lowest BCUT2D eigenvalue weighted by molar-refractivity contribution is 0.0687. The van der Waals surface area contributed by atoms with Gasteiger partial charge in [0.1, 0.15) is 6.04 Å². The average molecular weight is 322 g/mol. The van der Waals surface area contributed by atoms with Crippen molar-refractivity contribution < 1.29 is 14.7 Å². The normalized spacial score (nSPS) is 12.0. The molecule has 120 valence electrons. The molecule has 0 aliphatic heterocycles. The number of carbonyl (C=O) groups excluding carboxylic acids is 1. The number of hydrogen-bond donors (Lipinski definition) is 1. The Morgan fingerprint density at radius 3 is 2.21 bits per heavy atom. The van der Waals surface area contributed by atoms with Crippen molar-refractivity contribution in [1.29, 1.82) is 0 Å². The Balaban J connectivity index is 2.19. The number of Topliss-reactive ketones (excluding diaryl/α,β-unsaturated/α-hetero) is 1. The minimum atomic E-state index is -1.25. The highest BCUT2D eigenvalue weighted by molar-refractivity contribution is 6.02. The molecule has 3 rings (SSSR count). The van der Waals surface area contributed by atoms with Gasteiger partial charge < -0.3 is 5.11 Å². The van der Waals surface area contributed by atoms with Crippen LogP contribution in [0.15, 0.2) is 59.4 Å². The number of nitrogens with zero attached hydrogens (tertiary/aromatic N) is 2. The molecule has 0 bridgehead atoms. The van der Waals surface area contributed by atoms with Crippen LogP contribution >= 0.6 is 0 Å². The van der Waals surface area contributed by atoms with E-state index in [0.717, 1.165) is 4.68 Å². The van der Waals surface area contributed by atoms with Crippen molar-refractivity contribution in [3.05, 3.63) is 76.2 Å². The monoisotopic (exact) mass is 322 g/mol. The van der Waals surface area contributed by atoms with Crippen LogP contribution in [0.1, 0.15) is 33.8 Å². The van der Waals surface area contributed by atoms with Gasteiger partial charge in [0.15, 0.2) is 11.5 Å². The molecule has 1 atom stereocenters. The zero-order chi connectivity index (χ0) is 17.3. The Bertz CT molecular complexity index is 993. The van der Waals surface area contributed by atoms with Crippen molar-refractivity contribution in [3.8, 4) is 0 Å². The van der Waals surface area contributed by atoms with Gasteiger partial charge >= 0.3 is 5.97 Å². The standard InChI is InChI=1S/C18H14N2O4/c1-11(16(21)12-7-3-2-4-8-12)20-17(22)14-10-6-5-9-13(14)15(19-20)18(23)24/h2-11H,1H3,(H,23,24). The van der Waals surface area contributed by atoms with Gasteiger partial charge in [-0.2, -0.15) is 5.10 Å². The minimum Gasteiger partial charge on any atom is -0.476 e. The fraction of sp³-hybridized carbons (Fsp3) is 0.111. The highest BCUT2D eigenvalue weighted by Gasteiger charge is 2.23. The van der Waals surface area contributed by atoms with E-state index in [1.165, 1.54) is 19.1 Å². The fourth-order valence-corrected chi connectivity index (χ4v) is 2.58. The van der Waals surface area contributed by atoms with E-state index in [-0.39, 0.29) is 22.2 Å². The SMILES string of the molecule is CC(C(=O)c1ccccc1)n1nc(C(=O)O)c2ccccc2c1=O. The Labute approximate surface area is 137 Å². The first-order valence-corrected chi connectivity index (χ1v) is 7.35. The molecule has 0 fully saturated rings. The number of carboxylic acid groups (broad SMARTS) is 1. The topological polar surface area (TPSA) is 89.3 Å². The van der Waals surface area contributed by atoms with Crippen LogP contribution in [0.2, 0.25) is 0 Å². The molecular weight excluding hydrogens is 308 g/mol. The second-order valence-corrected chi connectivity index (χ2v) is 5.36. The summed E-state index contributed by atoms with van der Waals surface area (Å²) in [6.45, 7) is 1.53. The van der Waals surface area contributed by atoms with Crippen LogP contribution in [0.4, 0.5) is 0 Å². The van der Waals surface area contributed by atoms with Gasteiger partial charge in [0.25, 0.3) is 5.56 Å². The second kappa shape index (κ2) is 6.08. The Morgan fingerprint density at radius 1 is 1.00 bits per heavy atom. The van der Waals surface area contributed by atoms with Gasteiger partial charge in [-0.05, 0) is 13.0 Å². The summed E-state index contributed by atoms with van der Waals surface area (Å²) >= 11 is 0.